The van der Waals surface area contributed by atoms with Crippen LogP contribution in [0, 0.1) is 0 Å². The number of ether oxygens (including phenoxy) is 1. The molecule has 1 saturated heterocycles. The van der Waals surface area contributed by atoms with Gasteiger partial charge in [-0.15, -0.1) is 34.8 Å². The maximum absolute atomic E-state index is 11.2. The van der Waals surface area contributed by atoms with Crippen molar-refractivity contribution >= 4 is 49.0 Å². The smallest absolute Gasteiger partial charge is 0.164 e. The van der Waals surface area contributed by atoms with Crippen molar-refractivity contribution in [3.8, 4) is 0 Å². The Balaban J connectivity index is 0. The number of hydrogen-bond acceptors (Lipinski definition) is 4. The average molecular weight is 609 g/mol. The van der Waals surface area contributed by atoms with Crippen molar-refractivity contribution < 1.29 is 19.7 Å². The van der Waals surface area contributed by atoms with Crippen LogP contribution in [0.1, 0.15) is 73.2 Å². The van der Waals surface area contributed by atoms with E-state index in [1.807, 2.05) is 78.9 Å². The fourth-order valence-electron chi connectivity index (χ4n) is 3.25. The maximum atomic E-state index is 11.2. The molecule has 3 radical (unpaired) electrons. The van der Waals surface area contributed by atoms with Crippen molar-refractivity contribution in [1.82, 2.24) is 0 Å². The van der Waals surface area contributed by atoms with Crippen molar-refractivity contribution in [2.24, 2.45) is 0 Å². The third-order valence-corrected chi connectivity index (χ3v) is 6.00. The van der Waals surface area contributed by atoms with Gasteiger partial charge in [-0.05, 0) is 36.8 Å². The molecule has 2 N–H and O–H groups in total. The number of rotatable bonds is 9. The van der Waals surface area contributed by atoms with E-state index in [2.05, 4.69) is 0 Å². The zero-order valence-electron chi connectivity index (χ0n) is 22.3. The molecular formula is C32H43BCl3O4. The van der Waals surface area contributed by atoms with Crippen LogP contribution < -0.4 is 0 Å². The lowest BCUT2D eigenvalue weighted by molar-refractivity contribution is 0.0989. The predicted octanol–water partition coefficient (Wildman–Crippen LogP) is 8.25. The van der Waals surface area contributed by atoms with E-state index < -0.39 is 12.2 Å². The second-order valence-corrected chi connectivity index (χ2v) is 9.49. The molecule has 1 aliphatic heterocycles. The summed E-state index contributed by atoms with van der Waals surface area (Å²) in [6.45, 7) is 2.00. The fourth-order valence-corrected chi connectivity index (χ4v) is 3.84. The number of aliphatic hydroxyl groups excluding tert-OH is 2. The molecule has 8 heteroatoms. The molecule has 0 amide bonds. The molecule has 0 aliphatic carbocycles. The summed E-state index contributed by atoms with van der Waals surface area (Å²) in [4.78, 5) is 11.2. The molecule has 0 spiro atoms. The second-order valence-electron chi connectivity index (χ2n) is 8.36. The zero-order valence-corrected chi connectivity index (χ0v) is 24.6. The predicted molar refractivity (Wildman–Crippen MR) is 172 cm³/mol. The van der Waals surface area contributed by atoms with Crippen LogP contribution in [0.2, 0.25) is 0 Å². The minimum Gasteiger partial charge on any atom is -0.388 e. The third kappa shape index (κ3) is 19.3. The number of Topliss-reactive ketones (excluding diaryl/α,β-unsaturated/α-hetero) is 1. The second kappa shape index (κ2) is 27.3. The van der Waals surface area contributed by atoms with Gasteiger partial charge in [-0.2, -0.15) is 0 Å². The quantitative estimate of drug-likeness (QED) is 0.146. The van der Waals surface area contributed by atoms with Crippen molar-refractivity contribution in [2.75, 3.05) is 30.9 Å². The number of halogens is 3. The molecule has 40 heavy (non-hydrogen) atoms. The standard InChI is InChI=1S/2C9H11ClO.C9H9ClO.C4H8O.CH4.B/c3*10-7-6-9(11)8-4-2-1-3-5-8;1-2-4-5-3-1;;/h2*1-5,9,11H,6-7H2;1-5H,6-7H2;1-4H2;1H4;/t2*9-;;;;/m10..../s1. The van der Waals surface area contributed by atoms with Crippen LogP contribution in [-0.2, 0) is 4.74 Å². The van der Waals surface area contributed by atoms with E-state index in [0.29, 0.717) is 36.9 Å². The first kappa shape index (κ1) is 40.3. The Kier molecular flexibility index (Phi) is 27.5. The van der Waals surface area contributed by atoms with Gasteiger partial charge in [0.15, 0.2) is 5.78 Å². The summed E-state index contributed by atoms with van der Waals surface area (Å²) in [5.41, 5.74) is 2.62. The summed E-state index contributed by atoms with van der Waals surface area (Å²) in [6, 6.07) is 28.3. The minimum absolute atomic E-state index is 0. The molecule has 0 bridgehead atoms. The summed E-state index contributed by atoms with van der Waals surface area (Å²) < 4.78 is 4.94. The van der Waals surface area contributed by atoms with Gasteiger partial charge in [-0.3, -0.25) is 4.79 Å². The van der Waals surface area contributed by atoms with Gasteiger partial charge in [0.2, 0.25) is 0 Å². The van der Waals surface area contributed by atoms with E-state index in [1.54, 1.807) is 12.1 Å². The van der Waals surface area contributed by atoms with Crippen LogP contribution in [0.3, 0.4) is 0 Å². The molecule has 4 nitrogen and oxygen atoms in total. The molecule has 3 aromatic rings. The zero-order chi connectivity index (χ0) is 27.8. The Morgan fingerprint density at radius 3 is 1.35 bits per heavy atom. The molecule has 0 unspecified atom stereocenters. The number of carbonyl (C=O) groups excluding carboxylic acids is 1. The van der Waals surface area contributed by atoms with Gasteiger partial charge < -0.3 is 14.9 Å². The molecule has 4 rings (SSSR count). The van der Waals surface area contributed by atoms with Crippen LogP contribution in [-0.4, -0.2) is 55.3 Å². The van der Waals surface area contributed by atoms with Crippen LogP contribution in [0.15, 0.2) is 91.0 Å². The largest absolute Gasteiger partial charge is 0.388 e. The van der Waals surface area contributed by atoms with Gasteiger partial charge >= 0.3 is 0 Å². The first-order chi connectivity index (χ1) is 18.5. The average Bonchev–Trinajstić information content (AvgIpc) is 3.56. The summed E-state index contributed by atoms with van der Waals surface area (Å²) in [5.74, 6) is 1.50. The molecule has 2 atom stereocenters. The van der Waals surface area contributed by atoms with Crippen LogP contribution >= 0.6 is 34.8 Å². The van der Waals surface area contributed by atoms with Gasteiger partial charge in [0.1, 0.15) is 0 Å². The Morgan fingerprint density at radius 2 is 1.05 bits per heavy atom. The maximum Gasteiger partial charge on any atom is 0.164 e. The van der Waals surface area contributed by atoms with Gasteiger partial charge in [0.25, 0.3) is 0 Å². The van der Waals surface area contributed by atoms with E-state index in [0.717, 1.165) is 29.9 Å². The van der Waals surface area contributed by atoms with Gasteiger partial charge in [-0.1, -0.05) is 98.4 Å². The van der Waals surface area contributed by atoms with Crippen molar-refractivity contribution in [2.45, 2.75) is 51.7 Å². The molecule has 3 aromatic carbocycles. The number of hydrogen-bond donors (Lipinski definition) is 2. The molecular weight excluding hydrogens is 566 g/mol. The SMILES string of the molecule is C.C1CCOC1.O=C(CCCl)c1ccccc1.O[C@@H](CCCl)c1ccccc1.O[C@H](CCCl)c1ccccc1.[B]. The number of ketones is 1. The van der Waals surface area contributed by atoms with E-state index in [4.69, 9.17) is 39.5 Å². The Hall–Kier alpha value is -1.86. The van der Waals surface area contributed by atoms with Gasteiger partial charge in [-0.25, -0.2) is 0 Å². The first-order valence-electron chi connectivity index (χ1n) is 12.8. The van der Waals surface area contributed by atoms with Gasteiger partial charge in [0, 0.05) is 51.3 Å². The van der Waals surface area contributed by atoms with Crippen molar-refractivity contribution in [3.63, 3.8) is 0 Å². The topological polar surface area (TPSA) is 66.8 Å². The molecule has 219 valence electrons. The summed E-state index contributed by atoms with van der Waals surface area (Å²) in [5, 5.41) is 18.9. The number of alkyl halides is 3. The van der Waals surface area contributed by atoms with E-state index >= 15 is 0 Å². The molecule has 1 aliphatic rings. The molecule has 1 heterocycles. The summed E-state index contributed by atoms with van der Waals surface area (Å²) in [7, 11) is 0. The van der Waals surface area contributed by atoms with Crippen LogP contribution in [0.25, 0.3) is 0 Å². The highest BCUT2D eigenvalue weighted by atomic mass is 35.5. The normalized spacial score (nSPS) is 12.7. The summed E-state index contributed by atoms with van der Waals surface area (Å²) >= 11 is 16.4. The van der Waals surface area contributed by atoms with Crippen LogP contribution in [0.5, 0.6) is 0 Å². The lowest BCUT2D eigenvalue weighted by Gasteiger charge is -2.07. The highest BCUT2D eigenvalue weighted by molar-refractivity contribution is 6.19. The van der Waals surface area contributed by atoms with E-state index in [-0.39, 0.29) is 21.6 Å². The van der Waals surface area contributed by atoms with Gasteiger partial charge in [0.05, 0.1) is 12.2 Å². The molecule has 0 saturated carbocycles. The number of aliphatic hydroxyl groups is 2. The van der Waals surface area contributed by atoms with E-state index in [1.165, 1.54) is 12.8 Å². The van der Waals surface area contributed by atoms with Crippen molar-refractivity contribution in [3.05, 3.63) is 108 Å². The number of benzene rings is 3. The fraction of sp³-hybridized carbons (Fsp3) is 0.406. The minimum atomic E-state index is -0.409. The number of carbonyl (C=O) groups is 1. The Bertz CT molecular complexity index is 891. The lowest BCUT2D eigenvalue weighted by Crippen LogP contribution is -1.98. The lowest BCUT2D eigenvalue weighted by atomic mass is 10.1. The highest BCUT2D eigenvalue weighted by Crippen LogP contribution is 2.16. The molecule has 1 fully saturated rings. The Labute approximate surface area is 258 Å². The Morgan fingerprint density at radius 1 is 0.675 bits per heavy atom. The van der Waals surface area contributed by atoms with Crippen LogP contribution in [0.4, 0.5) is 0 Å². The third-order valence-electron chi connectivity index (χ3n) is 5.38. The molecule has 0 aromatic heterocycles. The summed E-state index contributed by atoms with van der Waals surface area (Å²) in [6.07, 6.45) is 3.39. The highest BCUT2D eigenvalue weighted by Gasteiger charge is 2.05. The van der Waals surface area contributed by atoms with E-state index in [9.17, 15) is 15.0 Å². The first-order valence-corrected chi connectivity index (χ1v) is 14.4. The van der Waals surface area contributed by atoms with Crippen molar-refractivity contribution in [1.29, 1.82) is 0 Å². The monoisotopic (exact) mass is 607 g/mol.